The lowest BCUT2D eigenvalue weighted by Crippen LogP contribution is -2.41. The Morgan fingerprint density at radius 2 is 1.71 bits per heavy atom. The van der Waals surface area contributed by atoms with Gasteiger partial charge in [0.2, 0.25) is 0 Å². The SMILES string of the molecule is COc1ccc(/C=C/c2ccc(C(=O)Nc3cc(C(=O)Nc4nc(C(=O)NCCN5CCOCC5)c(CCc5ccccc5)s4)n(C)c3)cn2)cc1. The number of anilines is 2. The van der Waals surface area contributed by atoms with Gasteiger partial charge in [0.15, 0.2) is 5.13 Å². The maximum atomic E-state index is 13.4. The number of benzene rings is 2. The number of aryl methyl sites for hydroxylation is 3. The van der Waals surface area contributed by atoms with E-state index >= 15 is 0 Å². The van der Waals surface area contributed by atoms with E-state index in [9.17, 15) is 14.4 Å². The van der Waals surface area contributed by atoms with Gasteiger partial charge in [0, 0.05) is 50.5 Å². The second-order valence-corrected chi connectivity index (χ2v) is 13.3. The van der Waals surface area contributed by atoms with Crippen LogP contribution < -0.4 is 20.7 Å². The van der Waals surface area contributed by atoms with Crippen LogP contribution in [0.15, 0.2) is 85.2 Å². The molecule has 52 heavy (non-hydrogen) atoms. The molecule has 3 amide bonds. The second-order valence-electron chi connectivity index (χ2n) is 12.2. The minimum Gasteiger partial charge on any atom is -0.497 e. The molecule has 12 nitrogen and oxygen atoms in total. The van der Waals surface area contributed by atoms with Crippen LogP contribution in [0.25, 0.3) is 12.2 Å². The van der Waals surface area contributed by atoms with E-state index in [2.05, 4.69) is 30.8 Å². The average Bonchev–Trinajstić information content (AvgIpc) is 3.76. The van der Waals surface area contributed by atoms with Crippen molar-refractivity contribution in [3.05, 3.63) is 124 Å². The normalized spacial score (nSPS) is 13.2. The molecular formula is C39H41N7O5S. The maximum absolute atomic E-state index is 13.4. The fourth-order valence-corrected chi connectivity index (χ4v) is 6.60. The number of amides is 3. The second kappa shape index (κ2) is 17.5. The van der Waals surface area contributed by atoms with Crippen molar-refractivity contribution in [2.24, 2.45) is 7.05 Å². The van der Waals surface area contributed by atoms with Gasteiger partial charge in [-0.15, -0.1) is 11.3 Å². The van der Waals surface area contributed by atoms with Crippen molar-refractivity contribution in [3.63, 3.8) is 0 Å². The summed E-state index contributed by atoms with van der Waals surface area (Å²) < 4.78 is 12.2. The quantitative estimate of drug-likeness (QED) is 0.139. The predicted molar refractivity (Wildman–Crippen MR) is 203 cm³/mol. The van der Waals surface area contributed by atoms with E-state index in [0.29, 0.717) is 59.6 Å². The zero-order chi connectivity index (χ0) is 36.3. The Kier molecular flexibility index (Phi) is 12.2. The molecule has 4 heterocycles. The molecule has 0 aliphatic carbocycles. The van der Waals surface area contributed by atoms with Crippen molar-refractivity contribution >= 4 is 52.0 Å². The summed E-state index contributed by atoms with van der Waals surface area (Å²) in [7, 11) is 3.34. The molecule has 1 aliphatic heterocycles. The van der Waals surface area contributed by atoms with E-state index in [1.165, 1.54) is 17.5 Å². The van der Waals surface area contributed by atoms with E-state index in [-0.39, 0.29) is 11.8 Å². The summed E-state index contributed by atoms with van der Waals surface area (Å²) in [6.45, 7) is 4.26. The summed E-state index contributed by atoms with van der Waals surface area (Å²) in [5.41, 5.74) is 4.28. The van der Waals surface area contributed by atoms with E-state index in [4.69, 9.17) is 9.47 Å². The number of nitrogens with one attached hydrogen (secondary N) is 3. The summed E-state index contributed by atoms with van der Waals surface area (Å²) in [6.07, 6.45) is 8.28. The molecule has 0 saturated carbocycles. The number of aromatic nitrogens is 3. The van der Waals surface area contributed by atoms with Crippen LogP contribution in [-0.2, 0) is 24.6 Å². The van der Waals surface area contributed by atoms with Gasteiger partial charge < -0.3 is 24.7 Å². The minimum atomic E-state index is -0.416. The molecule has 0 radical (unpaired) electrons. The number of hydrogen-bond donors (Lipinski definition) is 3. The minimum absolute atomic E-state index is 0.271. The average molecular weight is 720 g/mol. The van der Waals surface area contributed by atoms with Crippen LogP contribution in [0, 0.1) is 0 Å². The lowest BCUT2D eigenvalue weighted by Gasteiger charge is -2.26. The van der Waals surface area contributed by atoms with Gasteiger partial charge in [-0.3, -0.25) is 29.6 Å². The Hall–Kier alpha value is -5.63. The molecule has 2 aromatic carbocycles. The molecule has 13 heteroatoms. The summed E-state index contributed by atoms with van der Waals surface area (Å²) in [5, 5.41) is 9.03. The van der Waals surface area contributed by atoms with Gasteiger partial charge >= 0.3 is 0 Å². The Morgan fingerprint density at radius 3 is 2.44 bits per heavy atom. The van der Waals surface area contributed by atoms with Crippen molar-refractivity contribution in [1.29, 1.82) is 0 Å². The highest BCUT2D eigenvalue weighted by Gasteiger charge is 2.22. The monoisotopic (exact) mass is 719 g/mol. The number of pyridine rings is 1. The van der Waals surface area contributed by atoms with Crippen LogP contribution >= 0.6 is 11.3 Å². The van der Waals surface area contributed by atoms with Crippen LogP contribution in [0.1, 0.15) is 53.0 Å². The summed E-state index contributed by atoms with van der Waals surface area (Å²) in [6, 6.07) is 22.7. The number of ether oxygens (including phenoxy) is 2. The molecule has 268 valence electrons. The Morgan fingerprint density at radius 1 is 0.923 bits per heavy atom. The van der Waals surface area contributed by atoms with Gasteiger partial charge in [0.05, 0.1) is 37.3 Å². The van der Waals surface area contributed by atoms with Crippen molar-refractivity contribution in [2.75, 3.05) is 57.1 Å². The third kappa shape index (κ3) is 9.78. The molecule has 3 aromatic heterocycles. The van der Waals surface area contributed by atoms with Gasteiger partial charge in [-0.2, -0.15) is 0 Å². The van der Waals surface area contributed by atoms with Crippen molar-refractivity contribution in [2.45, 2.75) is 12.8 Å². The van der Waals surface area contributed by atoms with Gasteiger partial charge in [-0.05, 0) is 60.4 Å². The molecule has 0 spiro atoms. The number of thiazole rings is 1. The molecule has 1 aliphatic rings. The zero-order valence-electron chi connectivity index (χ0n) is 29.1. The smallest absolute Gasteiger partial charge is 0.274 e. The van der Waals surface area contributed by atoms with Gasteiger partial charge in [0.25, 0.3) is 17.7 Å². The summed E-state index contributed by atoms with van der Waals surface area (Å²) in [5.74, 6) is -0.262. The predicted octanol–water partition coefficient (Wildman–Crippen LogP) is 5.41. The lowest BCUT2D eigenvalue weighted by atomic mass is 10.1. The Labute approximate surface area is 306 Å². The van der Waals surface area contributed by atoms with Crippen molar-refractivity contribution < 1.29 is 23.9 Å². The van der Waals surface area contributed by atoms with Crippen molar-refractivity contribution in [3.8, 4) is 5.75 Å². The van der Waals surface area contributed by atoms with E-state index in [0.717, 1.165) is 47.8 Å². The van der Waals surface area contributed by atoms with Crippen molar-refractivity contribution in [1.82, 2.24) is 24.8 Å². The van der Waals surface area contributed by atoms with Gasteiger partial charge in [0.1, 0.15) is 17.1 Å². The fourth-order valence-electron chi connectivity index (χ4n) is 5.65. The molecule has 6 rings (SSSR count). The molecule has 0 atom stereocenters. The highest BCUT2D eigenvalue weighted by atomic mass is 32.1. The number of rotatable bonds is 14. The lowest BCUT2D eigenvalue weighted by molar-refractivity contribution is 0.0383. The highest BCUT2D eigenvalue weighted by Crippen LogP contribution is 2.26. The maximum Gasteiger partial charge on any atom is 0.274 e. The largest absolute Gasteiger partial charge is 0.497 e. The first-order valence-electron chi connectivity index (χ1n) is 17.0. The third-order valence-corrected chi connectivity index (χ3v) is 9.57. The number of carbonyl (C=O) groups is 3. The topological polar surface area (TPSA) is 140 Å². The molecule has 0 unspecified atom stereocenters. The van der Waals surface area contributed by atoms with Gasteiger partial charge in [-0.25, -0.2) is 4.98 Å². The molecular weight excluding hydrogens is 679 g/mol. The Bertz CT molecular complexity index is 2000. The van der Waals surface area contributed by atoms with Crippen LogP contribution in [0.2, 0.25) is 0 Å². The van der Waals surface area contributed by atoms with E-state index in [1.807, 2.05) is 66.7 Å². The summed E-state index contributed by atoms with van der Waals surface area (Å²) >= 11 is 1.29. The molecule has 1 saturated heterocycles. The fraction of sp³-hybridized carbons (Fsp3) is 0.256. The van der Waals surface area contributed by atoms with E-state index < -0.39 is 5.91 Å². The molecule has 3 N–H and O–H groups in total. The van der Waals surface area contributed by atoms with E-state index in [1.54, 1.807) is 43.1 Å². The molecule has 0 bridgehead atoms. The first-order chi connectivity index (χ1) is 25.3. The summed E-state index contributed by atoms with van der Waals surface area (Å²) in [4.78, 5) is 51.8. The number of nitrogens with zero attached hydrogens (tertiary/aromatic N) is 4. The number of carbonyl (C=O) groups excluding carboxylic acids is 3. The zero-order valence-corrected chi connectivity index (χ0v) is 29.9. The van der Waals surface area contributed by atoms with Crippen LogP contribution in [0.4, 0.5) is 10.8 Å². The Balaban J connectivity index is 1.08. The van der Waals surface area contributed by atoms with Crippen LogP contribution in [0.5, 0.6) is 5.75 Å². The number of morpholine rings is 1. The third-order valence-electron chi connectivity index (χ3n) is 8.54. The molecule has 5 aromatic rings. The van der Waals surface area contributed by atoms with Crippen LogP contribution in [-0.4, -0.2) is 83.7 Å². The standard InChI is InChI=1S/C39H41N7O5S/c1-45-26-31(42-36(47)29-12-14-30(41-25-29)13-8-28-9-15-32(50-2)16-10-28)24-33(45)37(48)44-39-43-35(34(52-39)17-11-27-6-4-3-5-7-27)38(49)40-18-19-46-20-22-51-23-21-46/h3-10,12-16,24-26H,11,17-23H2,1-2H3,(H,40,49)(H,42,47)(H,43,44,48)/b13-8+. The number of hydrogen-bond acceptors (Lipinski definition) is 9. The molecule has 1 fully saturated rings. The first-order valence-corrected chi connectivity index (χ1v) is 17.9. The highest BCUT2D eigenvalue weighted by molar-refractivity contribution is 7.16. The van der Waals surface area contributed by atoms with Crippen LogP contribution in [0.3, 0.4) is 0 Å². The first kappa shape index (κ1) is 36.2. The van der Waals surface area contributed by atoms with Gasteiger partial charge in [-0.1, -0.05) is 48.5 Å². The number of methoxy groups -OCH3 is 1.